The van der Waals surface area contributed by atoms with Crippen LogP contribution in [0.3, 0.4) is 0 Å². The first-order valence-corrected chi connectivity index (χ1v) is 7.89. The average Bonchev–Trinajstić information content (AvgIpc) is 2.48. The Bertz CT molecular complexity index is 505. The number of piperidine rings is 1. The summed E-state index contributed by atoms with van der Waals surface area (Å²) in [5.74, 6) is 0.741. The molecular weight excluding hydrogens is 280 g/mol. The van der Waals surface area contributed by atoms with Crippen molar-refractivity contribution in [3.8, 4) is 5.75 Å². The fourth-order valence-electron chi connectivity index (χ4n) is 3.03. The lowest BCUT2D eigenvalue weighted by Crippen LogP contribution is -2.33. The number of carboxylic acids is 1. The molecule has 5 heteroatoms. The van der Waals surface area contributed by atoms with Gasteiger partial charge in [-0.25, -0.2) is 0 Å². The zero-order valence-corrected chi connectivity index (χ0v) is 13.5. The lowest BCUT2D eigenvalue weighted by Gasteiger charge is -2.31. The highest BCUT2D eigenvalue weighted by Gasteiger charge is 2.16. The number of benzene rings is 1. The van der Waals surface area contributed by atoms with Crippen molar-refractivity contribution in [2.24, 2.45) is 5.92 Å². The Kier molecular flexibility index (Phi) is 6.21. The van der Waals surface area contributed by atoms with Crippen LogP contribution in [0, 0.1) is 5.92 Å². The van der Waals surface area contributed by atoms with E-state index in [-0.39, 0.29) is 6.54 Å². The monoisotopic (exact) mass is 306 g/mol. The molecule has 5 nitrogen and oxygen atoms in total. The van der Waals surface area contributed by atoms with Gasteiger partial charge in [0.2, 0.25) is 0 Å². The molecule has 1 aliphatic heterocycles. The van der Waals surface area contributed by atoms with Crippen molar-refractivity contribution >= 4 is 5.97 Å². The van der Waals surface area contributed by atoms with E-state index in [0.29, 0.717) is 6.54 Å². The number of nitrogens with one attached hydrogen (secondary N) is 1. The Hall–Kier alpha value is -1.59. The molecule has 0 aromatic heterocycles. The minimum absolute atomic E-state index is 0.0451. The van der Waals surface area contributed by atoms with Crippen LogP contribution in [0.1, 0.15) is 30.9 Å². The molecule has 1 aromatic carbocycles. The van der Waals surface area contributed by atoms with Gasteiger partial charge in [0.15, 0.2) is 0 Å². The Labute approximate surface area is 132 Å². The third-order valence-electron chi connectivity index (χ3n) is 4.09. The van der Waals surface area contributed by atoms with Gasteiger partial charge in [-0.1, -0.05) is 19.1 Å². The van der Waals surface area contributed by atoms with Crippen LogP contribution in [0.2, 0.25) is 0 Å². The third-order valence-corrected chi connectivity index (χ3v) is 4.09. The number of likely N-dealkylation sites (tertiary alicyclic amines) is 1. The van der Waals surface area contributed by atoms with Crippen molar-refractivity contribution in [3.05, 3.63) is 29.3 Å². The summed E-state index contributed by atoms with van der Waals surface area (Å²) in [5.41, 5.74) is 2.23. The van der Waals surface area contributed by atoms with Gasteiger partial charge in [0.25, 0.3) is 0 Å². The standard InChI is InChI=1S/C17H26N2O3/c1-13-4-3-7-19(11-13)12-14-5-6-15(16(8-14)22-2)9-18-10-17(20)21/h5-6,8,13,18H,3-4,7,9-12H2,1-2H3,(H,20,21). The van der Waals surface area contributed by atoms with Crippen LogP contribution >= 0.6 is 0 Å². The number of aliphatic carboxylic acids is 1. The maximum absolute atomic E-state index is 10.5. The van der Waals surface area contributed by atoms with Gasteiger partial charge in [0.05, 0.1) is 13.7 Å². The average molecular weight is 306 g/mol. The summed E-state index contributed by atoms with van der Waals surface area (Å²) < 4.78 is 5.45. The molecule has 22 heavy (non-hydrogen) atoms. The number of hydrogen-bond donors (Lipinski definition) is 2. The molecule has 1 heterocycles. The van der Waals surface area contributed by atoms with Crippen molar-refractivity contribution in [2.75, 3.05) is 26.7 Å². The van der Waals surface area contributed by atoms with Gasteiger partial charge in [-0.3, -0.25) is 9.69 Å². The maximum atomic E-state index is 10.5. The number of hydrogen-bond acceptors (Lipinski definition) is 4. The minimum Gasteiger partial charge on any atom is -0.496 e. The molecule has 2 rings (SSSR count). The molecule has 0 spiro atoms. The molecule has 1 aromatic rings. The molecule has 1 fully saturated rings. The summed E-state index contributed by atoms with van der Waals surface area (Å²) in [5, 5.41) is 11.6. The highest BCUT2D eigenvalue weighted by atomic mass is 16.5. The van der Waals surface area contributed by atoms with Crippen molar-refractivity contribution in [1.82, 2.24) is 10.2 Å². The van der Waals surface area contributed by atoms with E-state index in [2.05, 4.69) is 29.3 Å². The minimum atomic E-state index is -0.852. The molecule has 122 valence electrons. The summed E-state index contributed by atoms with van der Waals surface area (Å²) in [6.07, 6.45) is 2.60. The van der Waals surface area contributed by atoms with Crippen LogP contribution in [0.4, 0.5) is 0 Å². The first-order chi connectivity index (χ1) is 10.6. The molecule has 1 atom stereocenters. The van der Waals surface area contributed by atoms with Crippen molar-refractivity contribution < 1.29 is 14.6 Å². The molecule has 1 unspecified atom stereocenters. The molecule has 0 radical (unpaired) electrons. The van der Waals surface area contributed by atoms with Crippen LogP contribution < -0.4 is 10.1 Å². The number of methoxy groups -OCH3 is 1. The Morgan fingerprint density at radius 2 is 2.32 bits per heavy atom. The quantitative estimate of drug-likeness (QED) is 0.808. The van der Waals surface area contributed by atoms with Gasteiger partial charge in [-0.05, 0) is 36.9 Å². The molecule has 2 N–H and O–H groups in total. The van der Waals surface area contributed by atoms with Gasteiger partial charge in [0.1, 0.15) is 5.75 Å². The fourth-order valence-corrected chi connectivity index (χ4v) is 3.03. The van der Waals surface area contributed by atoms with Crippen LogP contribution in [-0.4, -0.2) is 42.7 Å². The van der Waals surface area contributed by atoms with E-state index < -0.39 is 5.97 Å². The summed E-state index contributed by atoms with van der Waals surface area (Å²) in [6, 6.07) is 6.20. The first-order valence-electron chi connectivity index (χ1n) is 7.89. The topological polar surface area (TPSA) is 61.8 Å². The van der Waals surface area contributed by atoms with E-state index in [1.54, 1.807) is 7.11 Å². The normalized spacial score (nSPS) is 19.1. The van der Waals surface area contributed by atoms with Crippen LogP contribution in [0.5, 0.6) is 5.75 Å². The van der Waals surface area contributed by atoms with Gasteiger partial charge >= 0.3 is 5.97 Å². The number of carbonyl (C=O) groups is 1. The summed E-state index contributed by atoms with van der Waals surface area (Å²) >= 11 is 0. The lowest BCUT2D eigenvalue weighted by atomic mass is 9.99. The predicted molar refractivity (Wildman–Crippen MR) is 86.0 cm³/mol. The van der Waals surface area contributed by atoms with Crippen LogP contribution in [0.25, 0.3) is 0 Å². The lowest BCUT2D eigenvalue weighted by molar-refractivity contribution is -0.136. The fraction of sp³-hybridized carbons (Fsp3) is 0.588. The van der Waals surface area contributed by atoms with E-state index in [9.17, 15) is 4.79 Å². The highest BCUT2D eigenvalue weighted by Crippen LogP contribution is 2.23. The van der Waals surface area contributed by atoms with Crippen molar-refractivity contribution in [2.45, 2.75) is 32.9 Å². The molecule has 1 aliphatic rings. The molecular formula is C17H26N2O3. The predicted octanol–water partition coefficient (Wildman–Crippen LogP) is 2.10. The molecule has 1 saturated heterocycles. The van der Waals surface area contributed by atoms with Gasteiger partial charge in [-0.15, -0.1) is 0 Å². The Morgan fingerprint density at radius 3 is 3.00 bits per heavy atom. The second kappa shape index (κ2) is 8.15. The van der Waals surface area contributed by atoms with Gasteiger partial charge in [0, 0.05) is 25.2 Å². The Morgan fingerprint density at radius 1 is 1.50 bits per heavy atom. The SMILES string of the molecule is COc1cc(CN2CCCC(C)C2)ccc1CNCC(=O)O. The second-order valence-corrected chi connectivity index (χ2v) is 6.13. The van der Waals surface area contributed by atoms with E-state index in [4.69, 9.17) is 9.84 Å². The van der Waals surface area contributed by atoms with Crippen LogP contribution in [-0.2, 0) is 17.9 Å². The molecule has 0 saturated carbocycles. The van der Waals surface area contributed by atoms with Crippen LogP contribution in [0.15, 0.2) is 18.2 Å². The largest absolute Gasteiger partial charge is 0.496 e. The zero-order chi connectivity index (χ0) is 15.9. The van der Waals surface area contributed by atoms with E-state index in [0.717, 1.165) is 36.9 Å². The molecule has 0 bridgehead atoms. The van der Waals surface area contributed by atoms with Crippen molar-refractivity contribution in [3.63, 3.8) is 0 Å². The number of rotatable bonds is 7. The Balaban J connectivity index is 1.97. The number of ether oxygens (including phenoxy) is 1. The first kappa shape index (κ1) is 16.8. The number of carboxylic acid groups (broad SMARTS) is 1. The summed E-state index contributed by atoms with van der Waals surface area (Å²) in [6.45, 7) is 6.03. The maximum Gasteiger partial charge on any atom is 0.317 e. The third kappa shape index (κ3) is 5.00. The molecule has 0 amide bonds. The second-order valence-electron chi connectivity index (χ2n) is 6.13. The van der Waals surface area contributed by atoms with E-state index in [1.165, 1.54) is 18.4 Å². The van der Waals surface area contributed by atoms with E-state index in [1.807, 2.05) is 6.07 Å². The summed E-state index contributed by atoms with van der Waals surface area (Å²) in [7, 11) is 1.66. The van der Waals surface area contributed by atoms with Gasteiger partial charge < -0.3 is 15.2 Å². The summed E-state index contributed by atoms with van der Waals surface area (Å²) in [4.78, 5) is 13.0. The number of nitrogens with zero attached hydrogens (tertiary/aromatic N) is 1. The molecule has 0 aliphatic carbocycles. The smallest absolute Gasteiger partial charge is 0.317 e. The van der Waals surface area contributed by atoms with Gasteiger partial charge in [-0.2, -0.15) is 0 Å². The van der Waals surface area contributed by atoms with Crippen molar-refractivity contribution in [1.29, 1.82) is 0 Å². The zero-order valence-electron chi connectivity index (χ0n) is 13.5. The highest BCUT2D eigenvalue weighted by molar-refractivity contribution is 5.69. The van der Waals surface area contributed by atoms with E-state index >= 15 is 0 Å².